The second-order valence-electron chi connectivity index (χ2n) is 5.54. The minimum Gasteiger partial charge on any atom is -0.376 e. The molecule has 2 rings (SSSR count). The van der Waals surface area contributed by atoms with E-state index in [1.54, 1.807) is 0 Å². The van der Waals surface area contributed by atoms with Gasteiger partial charge in [-0.2, -0.15) is 0 Å². The molecule has 2 heteroatoms. The highest BCUT2D eigenvalue weighted by atomic mass is 16.5. The Labute approximate surface area is 111 Å². The lowest BCUT2D eigenvalue weighted by Crippen LogP contribution is -2.42. The molecule has 0 spiro atoms. The van der Waals surface area contributed by atoms with Crippen molar-refractivity contribution in [1.82, 2.24) is 5.32 Å². The number of aryl methyl sites for hydroxylation is 2. The van der Waals surface area contributed by atoms with Crippen LogP contribution in [0.4, 0.5) is 0 Å². The fourth-order valence-electron chi connectivity index (χ4n) is 3.26. The number of ether oxygens (including phenoxy) is 1. The molecule has 1 N–H and O–H groups in total. The van der Waals surface area contributed by atoms with Crippen LogP contribution in [0.15, 0.2) is 18.2 Å². The predicted molar refractivity (Wildman–Crippen MR) is 75.9 cm³/mol. The van der Waals surface area contributed by atoms with E-state index in [0.29, 0.717) is 6.04 Å². The molecule has 0 aromatic heterocycles. The third kappa shape index (κ3) is 2.32. The maximum absolute atomic E-state index is 5.91. The highest BCUT2D eigenvalue weighted by Gasteiger charge is 2.41. The molecular weight excluding hydrogens is 222 g/mol. The fraction of sp³-hybridized carbons (Fsp3) is 0.625. The highest BCUT2D eigenvalue weighted by molar-refractivity contribution is 5.33. The van der Waals surface area contributed by atoms with Crippen molar-refractivity contribution >= 4 is 0 Å². The van der Waals surface area contributed by atoms with E-state index in [4.69, 9.17) is 4.74 Å². The third-order valence-corrected chi connectivity index (χ3v) is 4.54. The number of benzene rings is 1. The first-order chi connectivity index (χ1) is 8.63. The molecule has 0 saturated heterocycles. The van der Waals surface area contributed by atoms with E-state index in [9.17, 15) is 0 Å². The van der Waals surface area contributed by atoms with Crippen LogP contribution in [-0.2, 0) is 4.74 Å². The van der Waals surface area contributed by atoms with Crippen molar-refractivity contribution in [3.8, 4) is 0 Å². The van der Waals surface area contributed by atoms with Crippen molar-refractivity contribution in [2.24, 2.45) is 0 Å². The van der Waals surface area contributed by atoms with Gasteiger partial charge in [-0.25, -0.2) is 0 Å². The zero-order valence-electron chi connectivity index (χ0n) is 12.0. The van der Waals surface area contributed by atoms with E-state index in [-0.39, 0.29) is 5.60 Å². The zero-order valence-corrected chi connectivity index (χ0v) is 12.0. The normalized spacial score (nSPS) is 20.0. The van der Waals surface area contributed by atoms with Crippen LogP contribution in [0.3, 0.4) is 0 Å². The molecule has 0 bridgehead atoms. The number of likely N-dealkylation sites (N-methyl/N-ethyl adjacent to an activating group) is 1. The molecule has 1 unspecified atom stereocenters. The van der Waals surface area contributed by atoms with Crippen LogP contribution in [0.1, 0.15) is 48.4 Å². The Kier molecular flexibility index (Phi) is 4.08. The minimum absolute atomic E-state index is 0.0174. The first kappa shape index (κ1) is 13.6. The Morgan fingerprint density at radius 3 is 2.33 bits per heavy atom. The average molecular weight is 247 g/mol. The number of hydrogen-bond acceptors (Lipinski definition) is 2. The molecule has 2 nitrogen and oxygen atoms in total. The minimum atomic E-state index is -0.0174. The number of rotatable bonds is 4. The Balaban J connectivity index is 2.34. The second-order valence-corrected chi connectivity index (χ2v) is 5.54. The summed E-state index contributed by atoms with van der Waals surface area (Å²) in [5.41, 5.74) is 4.05. The molecule has 1 aliphatic carbocycles. The van der Waals surface area contributed by atoms with Crippen molar-refractivity contribution in [1.29, 1.82) is 0 Å². The lowest BCUT2D eigenvalue weighted by Gasteiger charge is -2.36. The summed E-state index contributed by atoms with van der Waals surface area (Å²) in [4.78, 5) is 0. The molecular formula is C16H25NO. The summed E-state index contributed by atoms with van der Waals surface area (Å²) in [6, 6.07) is 7.05. The molecule has 0 amide bonds. The molecule has 1 aromatic rings. The summed E-state index contributed by atoms with van der Waals surface area (Å²) in [5, 5.41) is 3.47. The van der Waals surface area contributed by atoms with Crippen molar-refractivity contribution in [2.45, 2.75) is 51.2 Å². The van der Waals surface area contributed by atoms with Gasteiger partial charge in [0.1, 0.15) is 0 Å². The van der Waals surface area contributed by atoms with Crippen molar-refractivity contribution in [2.75, 3.05) is 14.2 Å². The van der Waals surface area contributed by atoms with Gasteiger partial charge in [0, 0.05) is 7.11 Å². The van der Waals surface area contributed by atoms with Gasteiger partial charge >= 0.3 is 0 Å². The van der Waals surface area contributed by atoms with Gasteiger partial charge in [0.05, 0.1) is 11.6 Å². The van der Waals surface area contributed by atoms with Crippen LogP contribution >= 0.6 is 0 Å². The van der Waals surface area contributed by atoms with E-state index in [1.165, 1.54) is 29.5 Å². The first-order valence-electron chi connectivity index (χ1n) is 6.92. The Hall–Kier alpha value is -0.860. The number of methoxy groups -OCH3 is 1. The van der Waals surface area contributed by atoms with Crippen LogP contribution in [0.2, 0.25) is 0 Å². The van der Waals surface area contributed by atoms with Gasteiger partial charge in [0.2, 0.25) is 0 Å². The van der Waals surface area contributed by atoms with Crippen LogP contribution < -0.4 is 5.32 Å². The van der Waals surface area contributed by atoms with E-state index in [0.717, 1.165) is 12.8 Å². The zero-order chi connectivity index (χ0) is 13.2. The monoisotopic (exact) mass is 247 g/mol. The summed E-state index contributed by atoms with van der Waals surface area (Å²) in [6.07, 6.45) is 4.86. The quantitative estimate of drug-likeness (QED) is 0.879. The fourth-order valence-corrected chi connectivity index (χ4v) is 3.26. The van der Waals surface area contributed by atoms with Crippen molar-refractivity contribution < 1.29 is 4.74 Å². The largest absolute Gasteiger partial charge is 0.376 e. The van der Waals surface area contributed by atoms with Gasteiger partial charge in [-0.05, 0) is 50.4 Å². The Morgan fingerprint density at radius 2 is 1.83 bits per heavy atom. The van der Waals surface area contributed by atoms with Gasteiger partial charge in [-0.1, -0.05) is 31.0 Å². The maximum atomic E-state index is 5.91. The summed E-state index contributed by atoms with van der Waals surface area (Å²) < 4.78 is 5.91. The summed E-state index contributed by atoms with van der Waals surface area (Å²) in [7, 11) is 3.90. The molecule has 0 aliphatic heterocycles. The van der Waals surface area contributed by atoms with E-state index >= 15 is 0 Å². The van der Waals surface area contributed by atoms with Crippen LogP contribution in [0, 0.1) is 13.8 Å². The summed E-state index contributed by atoms with van der Waals surface area (Å²) in [5.74, 6) is 0. The Bertz CT molecular complexity index is 408. The average Bonchev–Trinajstić information content (AvgIpc) is 2.84. The molecule has 0 heterocycles. The molecule has 18 heavy (non-hydrogen) atoms. The SMILES string of the molecule is CNC(c1ccc(C)c(C)c1)C1(OC)CCCC1. The maximum Gasteiger partial charge on any atom is 0.0872 e. The van der Waals surface area contributed by atoms with E-state index in [1.807, 2.05) is 14.2 Å². The van der Waals surface area contributed by atoms with Gasteiger partial charge in [0.25, 0.3) is 0 Å². The van der Waals surface area contributed by atoms with E-state index in [2.05, 4.69) is 37.4 Å². The van der Waals surface area contributed by atoms with Gasteiger partial charge in [0.15, 0.2) is 0 Å². The molecule has 1 fully saturated rings. The molecule has 0 radical (unpaired) electrons. The molecule has 1 aromatic carbocycles. The molecule has 100 valence electrons. The predicted octanol–water partition coefficient (Wildman–Crippen LogP) is 3.52. The van der Waals surface area contributed by atoms with Gasteiger partial charge in [-0.15, -0.1) is 0 Å². The lowest BCUT2D eigenvalue weighted by molar-refractivity contribution is -0.0349. The summed E-state index contributed by atoms with van der Waals surface area (Å²) >= 11 is 0. The highest BCUT2D eigenvalue weighted by Crippen LogP contribution is 2.42. The molecule has 1 saturated carbocycles. The number of nitrogens with one attached hydrogen (secondary N) is 1. The van der Waals surface area contributed by atoms with Crippen LogP contribution in [0.5, 0.6) is 0 Å². The molecule has 1 aliphatic rings. The topological polar surface area (TPSA) is 21.3 Å². The lowest BCUT2D eigenvalue weighted by atomic mass is 9.85. The molecule has 1 atom stereocenters. The van der Waals surface area contributed by atoms with Crippen LogP contribution in [0.25, 0.3) is 0 Å². The van der Waals surface area contributed by atoms with E-state index < -0.39 is 0 Å². The van der Waals surface area contributed by atoms with Crippen molar-refractivity contribution in [3.05, 3.63) is 34.9 Å². The third-order valence-electron chi connectivity index (χ3n) is 4.54. The standard InChI is InChI=1S/C16H25NO/c1-12-7-8-14(11-13(12)2)15(17-3)16(18-4)9-5-6-10-16/h7-8,11,15,17H,5-6,9-10H2,1-4H3. The smallest absolute Gasteiger partial charge is 0.0872 e. The summed E-state index contributed by atoms with van der Waals surface area (Å²) in [6.45, 7) is 4.34. The van der Waals surface area contributed by atoms with Gasteiger partial charge in [-0.3, -0.25) is 0 Å². The van der Waals surface area contributed by atoms with Crippen LogP contribution in [-0.4, -0.2) is 19.8 Å². The Morgan fingerprint density at radius 1 is 1.17 bits per heavy atom. The second kappa shape index (κ2) is 5.41. The van der Waals surface area contributed by atoms with Crippen molar-refractivity contribution in [3.63, 3.8) is 0 Å². The number of hydrogen-bond donors (Lipinski definition) is 1. The van der Waals surface area contributed by atoms with Gasteiger partial charge < -0.3 is 10.1 Å². The first-order valence-corrected chi connectivity index (χ1v) is 6.92.